The molecule has 0 atom stereocenters. The van der Waals surface area contributed by atoms with Gasteiger partial charge in [0.25, 0.3) is 0 Å². The first-order valence-corrected chi connectivity index (χ1v) is 7.40. The molecule has 0 saturated carbocycles. The van der Waals surface area contributed by atoms with Crippen molar-refractivity contribution in [3.05, 3.63) is 50.8 Å². The molecular formula is C15H10ClFN4O5. The highest BCUT2D eigenvalue weighted by Crippen LogP contribution is 2.38. The van der Waals surface area contributed by atoms with E-state index in [0.29, 0.717) is 0 Å². The lowest BCUT2D eigenvalue weighted by Crippen LogP contribution is -2.03. The van der Waals surface area contributed by atoms with Gasteiger partial charge in [-0.3, -0.25) is 10.1 Å². The number of nitro groups is 1. The lowest BCUT2D eigenvalue weighted by molar-refractivity contribution is -0.384. The van der Waals surface area contributed by atoms with Crippen molar-refractivity contribution in [2.24, 2.45) is 0 Å². The number of carbonyl (C=O) groups excluding carboxylic acids is 1. The van der Waals surface area contributed by atoms with Crippen LogP contribution in [0.4, 0.5) is 21.7 Å². The zero-order chi connectivity index (χ0) is 19.0. The fourth-order valence-electron chi connectivity index (χ4n) is 2.36. The van der Waals surface area contributed by atoms with Crippen LogP contribution in [0.15, 0.2) is 24.3 Å². The van der Waals surface area contributed by atoms with Crippen LogP contribution in [0.2, 0.25) is 5.02 Å². The molecule has 2 aromatic carbocycles. The van der Waals surface area contributed by atoms with Gasteiger partial charge in [-0.15, -0.1) is 0 Å². The van der Waals surface area contributed by atoms with Gasteiger partial charge in [0.2, 0.25) is 11.7 Å². The van der Waals surface area contributed by atoms with Crippen LogP contribution in [0, 0.1) is 15.9 Å². The Morgan fingerprint density at radius 3 is 2.85 bits per heavy atom. The summed E-state index contributed by atoms with van der Waals surface area (Å²) in [5, 5.41) is 24.0. The summed E-state index contributed by atoms with van der Waals surface area (Å²) in [6.07, 6.45) is 0. The number of phenols is 1. The lowest BCUT2D eigenvalue weighted by Gasteiger charge is -2.05. The molecule has 0 saturated heterocycles. The Morgan fingerprint density at radius 1 is 1.50 bits per heavy atom. The molecule has 0 spiro atoms. The van der Waals surface area contributed by atoms with E-state index in [1.165, 1.54) is 18.2 Å². The van der Waals surface area contributed by atoms with E-state index in [-0.39, 0.29) is 27.7 Å². The summed E-state index contributed by atoms with van der Waals surface area (Å²) in [6, 6.07) is 5.16. The number of phenolic OH excluding ortho intramolecular Hbond substituents is 1. The van der Waals surface area contributed by atoms with E-state index >= 15 is 0 Å². The van der Waals surface area contributed by atoms with Crippen LogP contribution >= 0.6 is 11.6 Å². The van der Waals surface area contributed by atoms with Crippen LogP contribution < -0.4 is 5.32 Å². The summed E-state index contributed by atoms with van der Waals surface area (Å²) >= 11 is 5.92. The van der Waals surface area contributed by atoms with Crippen molar-refractivity contribution in [3.63, 3.8) is 0 Å². The first-order valence-electron chi connectivity index (χ1n) is 7.03. The number of methoxy groups -OCH3 is 1. The normalized spacial score (nSPS) is 10.7. The maximum Gasteiger partial charge on any atom is 0.341 e. The molecule has 0 unspecified atom stereocenters. The second-order valence-corrected chi connectivity index (χ2v) is 5.48. The molecule has 0 aliphatic carbocycles. The molecule has 0 radical (unpaired) electrons. The number of nitrogens with one attached hydrogen (secondary N) is 2. The van der Waals surface area contributed by atoms with E-state index < -0.39 is 33.7 Å². The number of esters is 1. The number of nitro benzene ring substituents is 1. The molecule has 3 aromatic rings. The number of hydrogen-bond acceptors (Lipinski definition) is 7. The second kappa shape index (κ2) is 6.48. The summed E-state index contributed by atoms with van der Waals surface area (Å²) < 4.78 is 18.4. The number of carbonyl (C=O) groups is 1. The molecular weight excluding hydrogens is 371 g/mol. The molecule has 3 N–H and O–H groups in total. The zero-order valence-corrected chi connectivity index (χ0v) is 13.8. The van der Waals surface area contributed by atoms with Gasteiger partial charge in [0.05, 0.1) is 28.3 Å². The number of halogens is 2. The van der Waals surface area contributed by atoms with Crippen molar-refractivity contribution < 1.29 is 24.0 Å². The summed E-state index contributed by atoms with van der Waals surface area (Å²) in [5.41, 5.74) is -1.45. The number of rotatable bonds is 4. The minimum atomic E-state index is -0.964. The SMILES string of the molecule is COC(=O)c1cc2[nH]c(Nc3c(F)cccc3Cl)nc2c([N+](=O)[O-])c1O. The van der Waals surface area contributed by atoms with E-state index in [4.69, 9.17) is 11.6 Å². The molecule has 0 bridgehead atoms. The Bertz CT molecular complexity index is 1030. The van der Waals surface area contributed by atoms with Gasteiger partial charge in [-0.05, 0) is 18.2 Å². The van der Waals surface area contributed by atoms with Gasteiger partial charge in [0, 0.05) is 0 Å². The number of para-hydroxylation sites is 1. The van der Waals surface area contributed by atoms with Crippen LogP contribution in [-0.4, -0.2) is 33.1 Å². The number of fused-ring (bicyclic) bond motifs is 1. The number of anilines is 2. The van der Waals surface area contributed by atoms with Crippen LogP contribution in [-0.2, 0) is 4.74 Å². The number of benzene rings is 2. The molecule has 1 heterocycles. The van der Waals surface area contributed by atoms with E-state index in [1.807, 2.05) is 0 Å². The van der Waals surface area contributed by atoms with Gasteiger partial charge in [-0.2, -0.15) is 0 Å². The highest BCUT2D eigenvalue weighted by Gasteiger charge is 2.29. The van der Waals surface area contributed by atoms with Crippen molar-refractivity contribution in [1.82, 2.24) is 9.97 Å². The Kier molecular flexibility index (Phi) is 4.34. The monoisotopic (exact) mass is 380 g/mol. The largest absolute Gasteiger partial charge is 0.501 e. The number of aromatic nitrogens is 2. The number of ether oxygens (including phenoxy) is 1. The Hall–Kier alpha value is -3.40. The highest BCUT2D eigenvalue weighted by atomic mass is 35.5. The lowest BCUT2D eigenvalue weighted by atomic mass is 10.1. The van der Waals surface area contributed by atoms with Gasteiger partial charge < -0.3 is 20.1 Å². The van der Waals surface area contributed by atoms with Crippen molar-refractivity contribution in [2.75, 3.05) is 12.4 Å². The molecule has 0 fully saturated rings. The summed E-state index contributed by atoms with van der Waals surface area (Å²) in [5.74, 6) is -2.58. The zero-order valence-electron chi connectivity index (χ0n) is 13.0. The van der Waals surface area contributed by atoms with Gasteiger partial charge in [0.15, 0.2) is 5.52 Å². The molecule has 3 rings (SSSR count). The summed E-state index contributed by atoms with van der Waals surface area (Å²) in [7, 11) is 1.07. The Labute approximate surface area is 149 Å². The van der Waals surface area contributed by atoms with Crippen molar-refractivity contribution in [2.45, 2.75) is 0 Å². The molecule has 0 aliphatic heterocycles. The van der Waals surface area contributed by atoms with Crippen LogP contribution in [0.3, 0.4) is 0 Å². The van der Waals surface area contributed by atoms with Gasteiger partial charge >= 0.3 is 11.7 Å². The molecule has 1 aromatic heterocycles. The average Bonchev–Trinajstić information content (AvgIpc) is 2.98. The first-order chi connectivity index (χ1) is 12.3. The summed E-state index contributed by atoms with van der Waals surface area (Å²) in [4.78, 5) is 28.8. The molecule has 9 nitrogen and oxygen atoms in total. The predicted molar refractivity (Wildman–Crippen MR) is 90.4 cm³/mol. The average molecular weight is 381 g/mol. The van der Waals surface area contributed by atoms with E-state index in [0.717, 1.165) is 13.2 Å². The first kappa shape index (κ1) is 17.4. The van der Waals surface area contributed by atoms with Crippen LogP contribution in [0.1, 0.15) is 10.4 Å². The molecule has 26 heavy (non-hydrogen) atoms. The predicted octanol–water partition coefficient (Wildman–Crippen LogP) is 3.50. The topological polar surface area (TPSA) is 130 Å². The third kappa shape index (κ3) is 2.86. The Balaban J connectivity index is 2.18. The maximum atomic E-state index is 13.9. The van der Waals surface area contributed by atoms with Crippen LogP contribution in [0.5, 0.6) is 5.75 Å². The minimum Gasteiger partial charge on any atom is -0.501 e. The number of aromatic amines is 1. The molecule has 11 heteroatoms. The molecule has 0 amide bonds. The van der Waals surface area contributed by atoms with Crippen molar-refractivity contribution in [1.29, 1.82) is 0 Å². The number of H-pyrrole nitrogens is 1. The number of imidazole rings is 1. The highest BCUT2D eigenvalue weighted by molar-refractivity contribution is 6.33. The number of aromatic hydroxyl groups is 1. The van der Waals surface area contributed by atoms with Crippen molar-refractivity contribution >= 4 is 45.9 Å². The fourth-order valence-corrected chi connectivity index (χ4v) is 2.57. The number of nitrogens with zero attached hydrogens (tertiary/aromatic N) is 2. The number of hydrogen-bond donors (Lipinski definition) is 3. The molecule has 134 valence electrons. The van der Waals surface area contributed by atoms with E-state index in [9.17, 15) is 24.4 Å². The van der Waals surface area contributed by atoms with Crippen LogP contribution in [0.25, 0.3) is 11.0 Å². The summed E-state index contributed by atoms with van der Waals surface area (Å²) in [6.45, 7) is 0. The van der Waals surface area contributed by atoms with Crippen molar-refractivity contribution in [3.8, 4) is 5.75 Å². The smallest absolute Gasteiger partial charge is 0.341 e. The third-order valence-electron chi connectivity index (χ3n) is 3.52. The fraction of sp³-hybridized carbons (Fsp3) is 0.0667. The maximum absolute atomic E-state index is 13.9. The van der Waals surface area contributed by atoms with E-state index in [1.54, 1.807) is 0 Å². The van der Waals surface area contributed by atoms with Gasteiger partial charge in [0.1, 0.15) is 11.4 Å². The molecule has 0 aliphatic rings. The quantitative estimate of drug-likeness (QED) is 0.358. The minimum absolute atomic E-state index is 0.0601. The van der Waals surface area contributed by atoms with Gasteiger partial charge in [-0.25, -0.2) is 14.2 Å². The standard InChI is InChI=1S/C15H10ClFN4O5/c1-26-14(23)6-5-9-11(12(13(6)22)21(24)25)20-15(18-9)19-10-7(16)3-2-4-8(10)17/h2-5,22H,1H3,(H2,18,19,20). The van der Waals surface area contributed by atoms with E-state index in [2.05, 4.69) is 20.0 Å². The third-order valence-corrected chi connectivity index (χ3v) is 3.83. The van der Waals surface area contributed by atoms with Gasteiger partial charge in [-0.1, -0.05) is 17.7 Å². The Morgan fingerprint density at radius 2 is 2.23 bits per heavy atom. The second-order valence-electron chi connectivity index (χ2n) is 5.07.